The number of benzene rings is 1. The molecule has 4 heteroatoms. The van der Waals surface area contributed by atoms with Crippen molar-refractivity contribution in [3.05, 3.63) is 30.2 Å². The Kier molecular flexibility index (Phi) is 1.83. The fraction of sp³-hybridized carbons (Fsp3) is 0.167. The number of aryl methyl sites for hydroxylation is 1. The van der Waals surface area contributed by atoms with Gasteiger partial charge in [-0.25, -0.2) is 4.98 Å². The monoisotopic (exact) mass is 213 g/mol. The summed E-state index contributed by atoms with van der Waals surface area (Å²) in [5.74, 6) is 1.15. The molecule has 4 nitrogen and oxygen atoms in total. The average Bonchev–Trinajstić information content (AvgIpc) is 2.72. The van der Waals surface area contributed by atoms with Gasteiger partial charge in [-0.1, -0.05) is 6.92 Å². The third-order valence-electron chi connectivity index (χ3n) is 2.70. The number of hydrogen-bond donors (Lipinski definition) is 2. The number of imidazole rings is 1. The summed E-state index contributed by atoms with van der Waals surface area (Å²) in [6.45, 7) is 2.03. The predicted molar refractivity (Wildman–Crippen MR) is 62.4 cm³/mol. The zero-order valence-corrected chi connectivity index (χ0v) is 8.86. The van der Waals surface area contributed by atoms with Crippen LogP contribution in [0.15, 0.2) is 24.4 Å². The first-order chi connectivity index (χ1) is 7.79. The molecule has 0 bridgehead atoms. The first kappa shape index (κ1) is 9.15. The largest absolute Gasteiger partial charge is 0.507 e. The lowest BCUT2D eigenvalue weighted by molar-refractivity contribution is 0.482. The van der Waals surface area contributed by atoms with Crippen LogP contribution < -0.4 is 0 Å². The first-order valence-corrected chi connectivity index (χ1v) is 5.25. The second-order valence-corrected chi connectivity index (χ2v) is 3.73. The van der Waals surface area contributed by atoms with Crippen LogP contribution >= 0.6 is 0 Å². The molecule has 0 fully saturated rings. The molecule has 2 N–H and O–H groups in total. The van der Waals surface area contributed by atoms with Gasteiger partial charge in [0.2, 0.25) is 0 Å². The SMILES string of the molecule is CCc1nc2c(cc(O)c3cccnc32)[nH]1. The summed E-state index contributed by atoms with van der Waals surface area (Å²) in [7, 11) is 0. The van der Waals surface area contributed by atoms with Crippen LogP contribution in [0.1, 0.15) is 12.7 Å². The number of fused-ring (bicyclic) bond motifs is 3. The summed E-state index contributed by atoms with van der Waals surface area (Å²) in [6, 6.07) is 5.35. The number of aromatic nitrogens is 3. The highest BCUT2D eigenvalue weighted by atomic mass is 16.3. The van der Waals surface area contributed by atoms with Crippen molar-refractivity contribution >= 4 is 21.9 Å². The molecule has 2 aromatic heterocycles. The van der Waals surface area contributed by atoms with Crippen molar-refractivity contribution in [2.75, 3.05) is 0 Å². The summed E-state index contributed by atoms with van der Waals surface area (Å²) >= 11 is 0. The molecule has 0 saturated heterocycles. The van der Waals surface area contributed by atoms with Crippen molar-refractivity contribution in [2.24, 2.45) is 0 Å². The van der Waals surface area contributed by atoms with Crippen molar-refractivity contribution < 1.29 is 5.11 Å². The summed E-state index contributed by atoms with van der Waals surface area (Å²) in [5, 5.41) is 10.6. The summed E-state index contributed by atoms with van der Waals surface area (Å²) in [5.41, 5.74) is 2.40. The second-order valence-electron chi connectivity index (χ2n) is 3.73. The van der Waals surface area contributed by atoms with Gasteiger partial charge in [-0.3, -0.25) is 4.98 Å². The molecule has 0 saturated carbocycles. The molecule has 1 aromatic carbocycles. The molecule has 3 aromatic rings. The van der Waals surface area contributed by atoms with Gasteiger partial charge in [-0.05, 0) is 12.1 Å². The molecule has 16 heavy (non-hydrogen) atoms. The number of nitrogens with zero attached hydrogens (tertiary/aromatic N) is 2. The number of phenolic OH excluding ortho intramolecular Hbond substituents is 1. The minimum Gasteiger partial charge on any atom is -0.507 e. The molecule has 2 heterocycles. The second kappa shape index (κ2) is 3.20. The quantitative estimate of drug-likeness (QED) is 0.652. The maximum absolute atomic E-state index is 9.86. The van der Waals surface area contributed by atoms with Crippen LogP contribution in [0.4, 0.5) is 0 Å². The Morgan fingerprint density at radius 3 is 3.06 bits per heavy atom. The topological polar surface area (TPSA) is 61.8 Å². The van der Waals surface area contributed by atoms with Gasteiger partial charge in [0.25, 0.3) is 0 Å². The Hall–Kier alpha value is -2.10. The smallest absolute Gasteiger partial charge is 0.127 e. The summed E-state index contributed by atoms with van der Waals surface area (Å²) in [6.07, 6.45) is 2.55. The van der Waals surface area contributed by atoms with Gasteiger partial charge in [0.1, 0.15) is 22.6 Å². The molecule has 0 atom stereocenters. The maximum Gasteiger partial charge on any atom is 0.127 e. The van der Waals surface area contributed by atoms with Crippen LogP contribution in [0.5, 0.6) is 5.75 Å². The first-order valence-electron chi connectivity index (χ1n) is 5.25. The molecule has 3 rings (SSSR count). The van der Waals surface area contributed by atoms with E-state index in [4.69, 9.17) is 0 Å². The Bertz CT molecular complexity index is 672. The molecule has 80 valence electrons. The van der Waals surface area contributed by atoms with Crippen LogP contribution in [0, 0.1) is 0 Å². The number of rotatable bonds is 1. The zero-order valence-electron chi connectivity index (χ0n) is 8.86. The van der Waals surface area contributed by atoms with E-state index in [1.165, 1.54) is 0 Å². The van der Waals surface area contributed by atoms with Crippen molar-refractivity contribution in [2.45, 2.75) is 13.3 Å². The van der Waals surface area contributed by atoms with Gasteiger partial charge in [-0.15, -0.1) is 0 Å². The third kappa shape index (κ3) is 1.16. The Morgan fingerprint density at radius 2 is 2.25 bits per heavy atom. The standard InChI is InChI=1S/C12H11N3O/c1-2-10-14-8-6-9(16)7-4-3-5-13-11(7)12(8)15-10/h3-6,16H,2H2,1H3,(H,14,15). The van der Waals surface area contributed by atoms with Crippen LogP contribution in [0.3, 0.4) is 0 Å². The molecular formula is C12H11N3O. The third-order valence-corrected chi connectivity index (χ3v) is 2.70. The highest BCUT2D eigenvalue weighted by Gasteiger charge is 2.10. The van der Waals surface area contributed by atoms with Crippen LogP contribution in [-0.4, -0.2) is 20.1 Å². The number of aromatic hydroxyl groups is 1. The highest BCUT2D eigenvalue weighted by molar-refractivity contribution is 6.04. The molecule has 0 spiro atoms. The Balaban J connectivity index is 2.52. The van der Waals surface area contributed by atoms with E-state index in [1.54, 1.807) is 18.3 Å². The minimum atomic E-state index is 0.238. The predicted octanol–water partition coefficient (Wildman–Crippen LogP) is 2.38. The number of aromatic amines is 1. The molecule has 0 unspecified atom stereocenters. The fourth-order valence-corrected chi connectivity index (χ4v) is 1.91. The lowest BCUT2D eigenvalue weighted by Gasteiger charge is -1.99. The van der Waals surface area contributed by atoms with E-state index in [-0.39, 0.29) is 5.75 Å². The van der Waals surface area contributed by atoms with E-state index in [9.17, 15) is 5.11 Å². The van der Waals surface area contributed by atoms with Crippen molar-refractivity contribution in [1.29, 1.82) is 0 Å². The number of pyridine rings is 1. The van der Waals surface area contributed by atoms with Gasteiger partial charge in [0.15, 0.2) is 0 Å². The lowest BCUT2D eigenvalue weighted by Crippen LogP contribution is -1.81. The number of nitrogens with one attached hydrogen (secondary N) is 1. The van der Waals surface area contributed by atoms with Crippen molar-refractivity contribution in [3.63, 3.8) is 0 Å². The van der Waals surface area contributed by atoms with E-state index < -0.39 is 0 Å². The van der Waals surface area contributed by atoms with E-state index in [0.717, 1.165) is 34.2 Å². The Morgan fingerprint density at radius 1 is 1.38 bits per heavy atom. The number of H-pyrrole nitrogens is 1. The van der Waals surface area contributed by atoms with Crippen LogP contribution in [0.2, 0.25) is 0 Å². The van der Waals surface area contributed by atoms with E-state index >= 15 is 0 Å². The lowest BCUT2D eigenvalue weighted by atomic mass is 10.2. The van der Waals surface area contributed by atoms with Crippen LogP contribution in [-0.2, 0) is 6.42 Å². The molecule has 0 radical (unpaired) electrons. The van der Waals surface area contributed by atoms with Gasteiger partial charge < -0.3 is 10.1 Å². The fourth-order valence-electron chi connectivity index (χ4n) is 1.91. The van der Waals surface area contributed by atoms with Gasteiger partial charge in [0, 0.05) is 24.1 Å². The molecule has 0 amide bonds. The van der Waals surface area contributed by atoms with E-state index in [0.29, 0.717) is 0 Å². The van der Waals surface area contributed by atoms with E-state index in [2.05, 4.69) is 15.0 Å². The average molecular weight is 213 g/mol. The Labute approximate surface area is 92.0 Å². The number of phenols is 1. The molecular weight excluding hydrogens is 202 g/mol. The molecule has 0 aliphatic rings. The zero-order chi connectivity index (χ0) is 11.1. The normalized spacial score (nSPS) is 11.3. The molecule has 0 aliphatic carbocycles. The maximum atomic E-state index is 9.86. The van der Waals surface area contributed by atoms with Crippen molar-refractivity contribution in [1.82, 2.24) is 15.0 Å². The van der Waals surface area contributed by atoms with Crippen molar-refractivity contribution in [3.8, 4) is 5.75 Å². The van der Waals surface area contributed by atoms with Gasteiger partial charge in [-0.2, -0.15) is 0 Å². The van der Waals surface area contributed by atoms with Gasteiger partial charge >= 0.3 is 0 Å². The highest BCUT2D eigenvalue weighted by Crippen LogP contribution is 2.29. The summed E-state index contributed by atoms with van der Waals surface area (Å²) in [4.78, 5) is 11.9. The van der Waals surface area contributed by atoms with Crippen LogP contribution in [0.25, 0.3) is 21.9 Å². The number of hydrogen-bond acceptors (Lipinski definition) is 3. The minimum absolute atomic E-state index is 0.238. The van der Waals surface area contributed by atoms with E-state index in [1.807, 2.05) is 13.0 Å². The van der Waals surface area contributed by atoms with Gasteiger partial charge in [0.05, 0.1) is 5.52 Å². The summed E-state index contributed by atoms with van der Waals surface area (Å²) < 4.78 is 0. The molecule has 0 aliphatic heterocycles.